The van der Waals surface area contributed by atoms with Crippen LogP contribution in [0.3, 0.4) is 0 Å². The Kier molecular flexibility index (Phi) is 5.19. The third-order valence-corrected chi connectivity index (χ3v) is 4.08. The highest BCUT2D eigenvalue weighted by Crippen LogP contribution is 2.31. The van der Waals surface area contributed by atoms with Gasteiger partial charge in [0.1, 0.15) is 5.75 Å². The Bertz CT molecular complexity index is 530. The summed E-state index contributed by atoms with van der Waals surface area (Å²) in [5, 5.41) is 3.52. The molecule has 0 spiro atoms. The maximum absolute atomic E-state index is 6.03. The van der Waals surface area contributed by atoms with Crippen LogP contribution in [0, 0.1) is 0 Å². The minimum absolute atomic E-state index is 0.111. The van der Waals surface area contributed by atoms with E-state index in [0.717, 1.165) is 28.6 Å². The molecule has 0 aliphatic rings. The minimum atomic E-state index is 0.111. The average Bonchev–Trinajstić information content (AvgIpc) is 2.86. The van der Waals surface area contributed by atoms with Crippen LogP contribution in [0.15, 0.2) is 30.6 Å². The molecule has 2 aromatic heterocycles. The molecule has 2 heterocycles. The number of methoxy groups -OCH3 is 1. The van der Waals surface area contributed by atoms with E-state index in [1.165, 1.54) is 4.88 Å². The van der Waals surface area contributed by atoms with Gasteiger partial charge in [-0.25, -0.2) is 0 Å². The number of hydrogen-bond donors (Lipinski definition) is 1. The molecule has 2 aromatic rings. The quantitative estimate of drug-likeness (QED) is 0.878. The summed E-state index contributed by atoms with van der Waals surface area (Å²) in [4.78, 5) is 5.41. The van der Waals surface area contributed by atoms with E-state index >= 15 is 0 Å². The van der Waals surface area contributed by atoms with Gasteiger partial charge in [0.25, 0.3) is 0 Å². The molecule has 1 unspecified atom stereocenters. The first-order valence-corrected chi connectivity index (χ1v) is 7.41. The zero-order chi connectivity index (χ0) is 13.7. The van der Waals surface area contributed by atoms with E-state index in [9.17, 15) is 0 Å². The molecule has 0 radical (unpaired) electrons. The summed E-state index contributed by atoms with van der Waals surface area (Å²) in [6, 6.07) is 6.10. The molecular weight excluding hydrogens is 280 g/mol. The fourth-order valence-electron chi connectivity index (χ4n) is 1.86. The third-order valence-electron chi connectivity index (χ3n) is 2.78. The van der Waals surface area contributed by atoms with Crippen LogP contribution >= 0.6 is 22.9 Å². The Morgan fingerprint density at radius 2 is 2.26 bits per heavy atom. The summed E-state index contributed by atoms with van der Waals surface area (Å²) in [7, 11) is 1.65. The standard InChI is InChI=1S/C14H17ClN2OS/c1-3-6-17-14(12-4-5-13(15)19-12)10-7-11(18-2)9-16-8-10/h4-5,7-9,14,17H,3,6H2,1-2H3. The van der Waals surface area contributed by atoms with Crippen molar-refractivity contribution in [1.29, 1.82) is 0 Å². The molecule has 0 fully saturated rings. The maximum atomic E-state index is 6.03. The number of aromatic nitrogens is 1. The Morgan fingerprint density at radius 3 is 2.89 bits per heavy atom. The Balaban J connectivity index is 2.30. The summed E-state index contributed by atoms with van der Waals surface area (Å²) >= 11 is 7.62. The van der Waals surface area contributed by atoms with Gasteiger partial charge in [-0.3, -0.25) is 4.98 Å². The number of hydrogen-bond acceptors (Lipinski definition) is 4. The summed E-state index contributed by atoms with van der Waals surface area (Å²) in [6.45, 7) is 3.09. The largest absolute Gasteiger partial charge is 0.495 e. The van der Waals surface area contributed by atoms with Gasteiger partial charge < -0.3 is 10.1 Å². The van der Waals surface area contributed by atoms with E-state index in [4.69, 9.17) is 16.3 Å². The van der Waals surface area contributed by atoms with E-state index in [0.29, 0.717) is 0 Å². The number of rotatable bonds is 6. The van der Waals surface area contributed by atoms with Crippen molar-refractivity contribution in [1.82, 2.24) is 10.3 Å². The molecule has 19 heavy (non-hydrogen) atoms. The molecular formula is C14H17ClN2OS. The van der Waals surface area contributed by atoms with Crippen molar-refractivity contribution in [3.63, 3.8) is 0 Å². The molecule has 1 atom stereocenters. The molecule has 1 N–H and O–H groups in total. The highest BCUT2D eigenvalue weighted by Gasteiger charge is 2.16. The molecule has 0 bridgehead atoms. The van der Waals surface area contributed by atoms with Gasteiger partial charge >= 0.3 is 0 Å². The zero-order valence-corrected chi connectivity index (χ0v) is 12.6. The number of nitrogens with one attached hydrogen (secondary N) is 1. The van der Waals surface area contributed by atoms with Gasteiger partial charge in [-0.15, -0.1) is 11.3 Å². The second-order valence-corrected chi connectivity index (χ2v) is 5.93. The molecule has 0 saturated heterocycles. The van der Waals surface area contributed by atoms with Crippen LogP contribution in [0.2, 0.25) is 4.34 Å². The van der Waals surface area contributed by atoms with Crippen LogP contribution in [0.1, 0.15) is 29.8 Å². The molecule has 102 valence electrons. The molecule has 0 aromatic carbocycles. The SMILES string of the molecule is CCCNC(c1cncc(OC)c1)c1ccc(Cl)s1. The number of thiophene rings is 1. The zero-order valence-electron chi connectivity index (χ0n) is 11.0. The van der Waals surface area contributed by atoms with Crippen molar-refractivity contribution in [3.05, 3.63) is 45.4 Å². The molecule has 0 aliphatic carbocycles. The minimum Gasteiger partial charge on any atom is -0.495 e. The molecule has 0 amide bonds. The molecule has 3 nitrogen and oxygen atoms in total. The fourth-order valence-corrected chi connectivity index (χ4v) is 3.02. The lowest BCUT2D eigenvalue weighted by Gasteiger charge is -2.17. The van der Waals surface area contributed by atoms with E-state index in [1.54, 1.807) is 24.6 Å². The Labute approximate surface area is 122 Å². The second-order valence-electron chi connectivity index (χ2n) is 4.19. The molecule has 5 heteroatoms. The maximum Gasteiger partial charge on any atom is 0.137 e. The van der Waals surface area contributed by atoms with E-state index in [1.807, 2.05) is 18.3 Å². The second kappa shape index (κ2) is 6.89. The molecule has 0 saturated carbocycles. The van der Waals surface area contributed by atoms with Crippen LogP contribution in [0.4, 0.5) is 0 Å². The van der Waals surface area contributed by atoms with Crippen molar-refractivity contribution < 1.29 is 4.74 Å². The first-order chi connectivity index (χ1) is 9.24. The van der Waals surface area contributed by atoms with Crippen molar-refractivity contribution in [2.45, 2.75) is 19.4 Å². The van der Waals surface area contributed by atoms with Crippen LogP contribution < -0.4 is 10.1 Å². The lowest BCUT2D eigenvalue weighted by atomic mass is 10.1. The number of nitrogens with zero attached hydrogens (tertiary/aromatic N) is 1. The first-order valence-electron chi connectivity index (χ1n) is 6.22. The van der Waals surface area contributed by atoms with Crippen molar-refractivity contribution in [2.75, 3.05) is 13.7 Å². The summed E-state index contributed by atoms with van der Waals surface area (Å²) in [6.07, 6.45) is 4.65. The van der Waals surface area contributed by atoms with Crippen molar-refractivity contribution >= 4 is 22.9 Å². The summed E-state index contributed by atoms with van der Waals surface area (Å²) in [5.41, 5.74) is 1.09. The van der Waals surface area contributed by atoms with Crippen LogP contribution in [0.5, 0.6) is 5.75 Å². The third kappa shape index (κ3) is 3.69. The monoisotopic (exact) mass is 296 g/mol. The van der Waals surface area contributed by atoms with E-state index in [-0.39, 0.29) is 6.04 Å². The van der Waals surface area contributed by atoms with Gasteiger partial charge in [0.05, 0.1) is 23.7 Å². The van der Waals surface area contributed by atoms with Crippen LogP contribution in [0.25, 0.3) is 0 Å². The van der Waals surface area contributed by atoms with Gasteiger partial charge in [-0.05, 0) is 36.7 Å². The normalized spacial score (nSPS) is 12.4. The molecule has 2 rings (SSSR count). The number of halogens is 1. The highest BCUT2D eigenvalue weighted by molar-refractivity contribution is 7.16. The van der Waals surface area contributed by atoms with Crippen molar-refractivity contribution in [3.8, 4) is 5.75 Å². The number of ether oxygens (including phenoxy) is 1. The summed E-state index contributed by atoms with van der Waals surface area (Å²) in [5.74, 6) is 0.767. The van der Waals surface area contributed by atoms with Gasteiger partial charge in [0.2, 0.25) is 0 Å². The number of pyridine rings is 1. The topological polar surface area (TPSA) is 34.2 Å². The Hall–Kier alpha value is -1.10. The Morgan fingerprint density at radius 1 is 1.42 bits per heavy atom. The van der Waals surface area contributed by atoms with Crippen LogP contribution in [-0.2, 0) is 0 Å². The predicted octanol–water partition coefficient (Wildman–Crippen LogP) is 3.89. The van der Waals surface area contributed by atoms with Gasteiger partial charge in [-0.2, -0.15) is 0 Å². The van der Waals surface area contributed by atoms with Crippen molar-refractivity contribution in [2.24, 2.45) is 0 Å². The van der Waals surface area contributed by atoms with Crippen LogP contribution in [-0.4, -0.2) is 18.6 Å². The van der Waals surface area contributed by atoms with E-state index in [2.05, 4.69) is 23.3 Å². The van der Waals surface area contributed by atoms with Gasteiger partial charge in [0.15, 0.2) is 0 Å². The lowest BCUT2D eigenvalue weighted by Crippen LogP contribution is -2.22. The smallest absolute Gasteiger partial charge is 0.137 e. The fraction of sp³-hybridized carbons (Fsp3) is 0.357. The van der Waals surface area contributed by atoms with E-state index < -0.39 is 0 Å². The average molecular weight is 297 g/mol. The van der Waals surface area contributed by atoms with Gasteiger partial charge in [0, 0.05) is 11.1 Å². The summed E-state index contributed by atoms with van der Waals surface area (Å²) < 4.78 is 6.04. The molecule has 0 aliphatic heterocycles. The van der Waals surface area contributed by atoms with Gasteiger partial charge in [-0.1, -0.05) is 18.5 Å². The predicted molar refractivity (Wildman–Crippen MR) is 80.3 cm³/mol. The lowest BCUT2D eigenvalue weighted by molar-refractivity contribution is 0.411. The highest BCUT2D eigenvalue weighted by atomic mass is 35.5. The first kappa shape index (κ1) is 14.3.